The molecule has 0 aliphatic rings. The fourth-order valence-corrected chi connectivity index (χ4v) is 5.87. The number of rotatable bonds is 17. The maximum Gasteiger partial charge on any atom is 0.233 e. The van der Waals surface area contributed by atoms with E-state index in [4.69, 9.17) is 42.3 Å². The van der Waals surface area contributed by atoms with E-state index in [9.17, 15) is 0 Å². The number of hydrogen-bond acceptors (Lipinski definition) is 16. The molecule has 4 aromatic carbocycles. The topological polar surface area (TPSA) is 183 Å². The van der Waals surface area contributed by atoms with E-state index < -0.39 is 0 Å². The molecule has 2 heterocycles. The van der Waals surface area contributed by atoms with Crippen molar-refractivity contribution in [3.05, 3.63) is 112 Å². The monoisotopic (exact) mass is 800 g/mol. The number of aryl methyl sites for hydroxylation is 1. The van der Waals surface area contributed by atoms with Crippen molar-refractivity contribution in [2.75, 3.05) is 34.5 Å². The van der Waals surface area contributed by atoms with Gasteiger partial charge in [0.15, 0.2) is 0 Å². The molecule has 0 amide bonds. The fourth-order valence-electron chi connectivity index (χ4n) is 5.04. The number of aromatic nitrogens is 6. The van der Waals surface area contributed by atoms with E-state index >= 15 is 0 Å². The summed E-state index contributed by atoms with van der Waals surface area (Å²) < 4.78 is 15.8. The van der Waals surface area contributed by atoms with Gasteiger partial charge in [-0.1, -0.05) is 29.3 Å². The van der Waals surface area contributed by atoms with E-state index in [2.05, 4.69) is 56.2 Å². The molecule has 282 valence electrons. The molecule has 0 unspecified atom stereocenters. The molecule has 0 saturated carbocycles. The van der Waals surface area contributed by atoms with Crippen LogP contribution in [0.1, 0.15) is 30.5 Å². The molecule has 0 atom stereocenters. The lowest BCUT2D eigenvalue weighted by Gasteiger charge is -2.11. The number of benzene rings is 4. The summed E-state index contributed by atoms with van der Waals surface area (Å²) in [5.74, 6) is 2.52. The molecular weight excluding hydrogens is 767 g/mol. The molecule has 15 nitrogen and oxygen atoms in total. The van der Waals surface area contributed by atoms with Gasteiger partial charge < -0.3 is 30.7 Å². The highest BCUT2D eigenvalue weighted by Gasteiger charge is 2.11. The first-order valence-corrected chi connectivity index (χ1v) is 18.2. The number of nitrogens with zero attached hydrogens (tertiary/aromatic N) is 6. The molecule has 6 rings (SSSR count). The van der Waals surface area contributed by atoms with E-state index in [-0.39, 0.29) is 34.4 Å². The highest BCUT2D eigenvalue weighted by molar-refractivity contribution is 7.94. The van der Waals surface area contributed by atoms with Crippen molar-refractivity contribution < 1.29 is 24.1 Å². The van der Waals surface area contributed by atoms with Crippen molar-refractivity contribution in [1.29, 1.82) is 0 Å². The number of nitrogens with one attached hydrogen (secondary N) is 4. The summed E-state index contributed by atoms with van der Waals surface area (Å²) >= 11 is 13.3. The van der Waals surface area contributed by atoms with Gasteiger partial charge in [0, 0.05) is 27.6 Å². The van der Waals surface area contributed by atoms with Crippen LogP contribution in [0, 0.1) is 6.92 Å². The Kier molecular flexibility index (Phi) is 13.5. The third-order valence-corrected chi connectivity index (χ3v) is 8.45. The van der Waals surface area contributed by atoms with Crippen molar-refractivity contribution in [2.24, 2.45) is 0 Å². The van der Waals surface area contributed by atoms with Crippen LogP contribution in [0.5, 0.6) is 11.5 Å². The molecule has 0 fully saturated rings. The van der Waals surface area contributed by atoms with Crippen molar-refractivity contribution in [3.8, 4) is 11.5 Å². The predicted octanol–water partition coefficient (Wildman–Crippen LogP) is 10.0. The Hall–Kier alpha value is -5.75. The molecule has 0 bridgehead atoms. The molecule has 6 aromatic rings. The summed E-state index contributed by atoms with van der Waals surface area (Å²) in [6.07, 6.45) is 3.86. The average Bonchev–Trinajstić information content (AvgIpc) is 3.15. The number of anilines is 8. The van der Waals surface area contributed by atoms with Gasteiger partial charge in [-0.25, -0.2) is 5.26 Å². The maximum absolute atomic E-state index is 8.88. The molecule has 0 saturated heterocycles. The van der Waals surface area contributed by atoms with Crippen LogP contribution in [0.25, 0.3) is 12.2 Å². The molecule has 0 aliphatic heterocycles. The van der Waals surface area contributed by atoms with E-state index in [0.717, 1.165) is 57.3 Å². The van der Waals surface area contributed by atoms with Crippen molar-refractivity contribution >= 4 is 93.9 Å². The van der Waals surface area contributed by atoms with Crippen LogP contribution in [0.15, 0.2) is 89.8 Å². The van der Waals surface area contributed by atoms with Crippen LogP contribution in [-0.2, 0) is 9.37 Å². The summed E-state index contributed by atoms with van der Waals surface area (Å²) in [6.45, 7) is 6.99. The van der Waals surface area contributed by atoms with Crippen LogP contribution in [0.4, 0.5) is 46.5 Å². The quantitative estimate of drug-likeness (QED) is 0.0254. The number of hydrogen-bond donors (Lipinski definition) is 5. The number of halogens is 2. The Balaban J connectivity index is 1.13. The van der Waals surface area contributed by atoms with E-state index in [1.165, 1.54) is 0 Å². The van der Waals surface area contributed by atoms with Crippen LogP contribution in [0.2, 0.25) is 10.6 Å². The molecule has 0 aliphatic carbocycles. The Bertz CT molecular complexity index is 2250. The average molecular weight is 802 g/mol. The van der Waals surface area contributed by atoms with E-state index in [1.54, 1.807) is 6.07 Å². The standard InChI is InChI=1S/C37H34Cl2N10O5S/c1-4-51-29-16-12-25(13-17-29)40-34-44-32(38)46-36(48-34)42-27-10-8-23(22(3)20-27)6-7-24-9-11-28(21-31(24)55-54-53-50)43-37-47-33(39)45-35(49-37)41-26-14-18-30(19-15-26)52-5-2/h6-21,50H,4-5H2,1-3H3,(H2,40,42,44,46,48)(H2,41,43,45,47,49)/b7-6+. The van der Waals surface area contributed by atoms with E-state index in [1.807, 2.05) is 112 Å². The van der Waals surface area contributed by atoms with Crippen molar-refractivity contribution in [3.63, 3.8) is 0 Å². The summed E-state index contributed by atoms with van der Waals surface area (Å²) in [7, 11) is 0. The van der Waals surface area contributed by atoms with E-state index in [0.29, 0.717) is 23.8 Å². The van der Waals surface area contributed by atoms with Gasteiger partial charge in [0.25, 0.3) is 0 Å². The first kappa shape index (κ1) is 39.0. The fraction of sp³-hybridized carbons (Fsp3) is 0.135. The van der Waals surface area contributed by atoms with Gasteiger partial charge >= 0.3 is 0 Å². The third kappa shape index (κ3) is 11.4. The Labute approximate surface area is 330 Å². The summed E-state index contributed by atoms with van der Waals surface area (Å²) in [4.78, 5) is 26.3. The lowest BCUT2D eigenvalue weighted by Crippen LogP contribution is -2.04. The molecule has 55 heavy (non-hydrogen) atoms. The molecule has 2 aromatic heterocycles. The normalized spacial score (nSPS) is 11.0. The molecular formula is C37H34Cl2N10O5S. The maximum atomic E-state index is 8.88. The lowest BCUT2D eigenvalue weighted by molar-refractivity contribution is -0.432. The second-order valence-corrected chi connectivity index (χ2v) is 12.7. The minimum absolute atomic E-state index is 0.00685. The van der Waals surface area contributed by atoms with Crippen molar-refractivity contribution in [1.82, 2.24) is 29.9 Å². The minimum atomic E-state index is -0.00685. The zero-order chi connectivity index (χ0) is 38.6. The Morgan fingerprint density at radius 1 is 0.582 bits per heavy atom. The van der Waals surface area contributed by atoms with Crippen LogP contribution < -0.4 is 30.7 Å². The summed E-state index contributed by atoms with van der Waals surface area (Å²) in [5, 5.41) is 25.4. The lowest BCUT2D eigenvalue weighted by atomic mass is 10.1. The van der Waals surface area contributed by atoms with Gasteiger partial charge in [0.2, 0.25) is 34.4 Å². The highest BCUT2D eigenvalue weighted by atomic mass is 35.5. The second-order valence-electron chi connectivity index (χ2n) is 11.3. The summed E-state index contributed by atoms with van der Waals surface area (Å²) in [5.41, 5.74) is 5.55. The van der Waals surface area contributed by atoms with Gasteiger partial charge in [-0.05, 0) is 133 Å². The summed E-state index contributed by atoms with van der Waals surface area (Å²) in [6, 6.07) is 26.1. The third-order valence-electron chi connectivity index (χ3n) is 7.45. The molecule has 18 heteroatoms. The molecule has 5 N–H and O–H groups in total. The van der Waals surface area contributed by atoms with Gasteiger partial charge in [-0.2, -0.15) is 29.9 Å². The number of ether oxygens (including phenoxy) is 2. The first-order valence-electron chi connectivity index (χ1n) is 16.7. The van der Waals surface area contributed by atoms with Crippen LogP contribution >= 0.6 is 35.2 Å². The predicted molar refractivity (Wildman–Crippen MR) is 215 cm³/mol. The smallest absolute Gasteiger partial charge is 0.233 e. The highest BCUT2D eigenvalue weighted by Crippen LogP contribution is 2.31. The molecule has 0 radical (unpaired) electrons. The van der Waals surface area contributed by atoms with Crippen LogP contribution in [0.3, 0.4) is 0 Å². The molecule has 0 spiro atoms. The zero-order valence-corrected chi connectivity index (χ0v) is 31.9. The van der Waals surface area contributed by atoms with Gasteiger partial charge in [-0.15, -0.1) is 4.33 Å². The van der Waals surface area contributed by atoms with Crippen LogP contribution in [-0.4, -0.2) is 48.4 Å². The first-order chi connectivity index (χ1) is 26.8. The Morgan fingerprint density at radius 2 is 1.00 bits per heavy atom. The van der Waals surface area contributed by atoms with Gasteiger partial charge in [0.05, 0.1) is 25.3 Å². The van der Waals surface area contributed by atoms with Crippen molar-refractivity contribution in [2.45, 2.75) is 25.7 Å². The van der Waals surface area contributed by atoms with Gasteiger partial charge in [-0.3, -0.25) is 0 Å². The minimum Gasteiger partial charge on any atom is -0.494 e. The van der Waals surface area contributed by atoms with Gasteiger partial charge in [0.1, 0.15) is 11.5 Å². The SMILES string of the molecule is CCOc1ccc(Nc2nc(Cl)nc(Nc3ccc(/C=C/c4ccc(Nc5nc(Cl)nc(Nc6ccc(OCC)cc6)n5)cc4SOOO)c(C)c3)n2)cc1. The Morgan fingerprint density at radius 3 is 1.45 bits per heavy atom. The largest absolute Gasteiger partial charge is 0.494 e. The second kappa shape index (κ2) is 19.0. The zero-order valence-electron chi connectivity index (χ0n) is 29.6.